The zero-order chi connectivity index (χ0) is 13.5. The van der Waals surface area contributed by atoms with Crippen LogP contribution in [0.4, 0.5) is 0 Å². The Hall–Kier alpha value is -1.55. The average molecular weight is 250 g/mol. The number of hydrogen-bond donors (Lipinski definition) is 1. The van der Waals surface area contributed by atoms with E-state index in [4.69, 9.17) is 4.74 Å². The van der Waals surface area contributed by atoms with Crippen molar-refractivity contribution in [1.29, 1.82) is 0 Å². The van der Waals surface area contributed by atoms with Crippen LogP contribution in [0.25, 0.3) is 0 Å². The highest BCUT2D eigenvalue weighted by Gasteiger charge is 2.06. The van der Waals surface area contributed by atoms with Crippen LogP contribution in [0.2, 0.25) is 0 Å². The van der Waals surface area contributed by atoms with Gasteiger partial charge in [0.25, 0.3) is 5.91 Å². The topological polar surface area (TPSA) is 41.6 Å². The van der Waals surface area contributed by atoms with E-state index in [2.05, 4.69) is 5.32 Å². The molecule has 100 valence electrons. The molecule has 0 atom stereocenters. The van der Waals surface area contributed by atoms with Gasteiger partial charge in [-0.05, 0) is 39.1 Å². The molecule has 1 aromatic rings. The van der Waals surface area contributed by atoms with Crippen LogP contribution >= 0.6 is 0 Å². The summed E-state index contributed by atoms with van der Waals surface area (Å²) in [6.45, 7) is 5.49. The van der Waals surface area contributed by atoms with Gasteiger partial charge < -0.3 is 15.0 Å². The molecule has 0 aromatic heterocycles. The lowest BCUT2D eigenvalue weighted by molar-refractivity contribution is -0.123. The molecule has 0 bridgehead atoms. The normalized spacial score (nSPS) is 10.5. The summed E-state index contributed by atoms with van der Waals surface area (Å²) in [6.07, 6.45) is 0. The van der Waals surface area contributed by atoms with Gasteiger partial charge in [0.05, 0.1) is 0 Å². The number of amides is 1. The van der Waals surface area contributed by atoms with Gasteiger partial charge in [0.2, 0.25) is 0 Å². The number of para-hydroxylation sites is 1. The summed E-state index contributed by atoms with van der Waals surface area (Å²) in [6, 6.07) is 5.94. The Morgan fingerprint density at radius 3 is 2.44 bits per heavy atom. The zero-order valence-corrected chi connectivity index (χ0v) is 11.6. The van der Waals surface area contributed by atoms with Crippen LogP contribution in [0.15, 0.2) is 18.2 Å². The Labute approximate surface area is 109 Å². The maximum atomic E-state index is 11.6. The van der Waals surface area contributed by atoms with Crippen molar-refractivity contribution >= 4 is 5.91 Å². The first-order valence-corrected chi connectivity index (χ1v) is 6.11. The Kier molecular flexibility index (Phi) is 5.65. The number of hydrogen-bond acceptors (Lipinski definition) is 3. The van der Waals surface area contributed by atoms with Crippen LogP contribution < -0.4 is 10.1 Å². The molecule has 0 aliphatic rings. The van der Waals surface area contributed by atoms with Crippen LogP contribution in [0, 0.1) is 13.8 Å². The fourth-order valence-electron chi connectivity index (χ4n) is 1.63. The fourth-order valence-corrected chi connectivity index (χ4v) is 1.63. The maximum Gasteiger partial charge on any atom is 0.257 e. The summed E-state index contributed by atoms with van der Waals surface area (Å²) in [7, 11) is 3.94. The molecule has 0 saturated heterocycles. The van der Waals surface area contributed by atoms with Gasteiger partial charge in [0.1, 0.15) is 5.75 Å². The first-order valence-electron chi connectivity index (χ1n) is 6.11. The standard InChI is InChI=1S/C14H22N2O2/c1-11-6-5-7-12(2)14(11)18-10-13(17)15-8-9-16(3)4/h5-7H,8-10H2,1-4H3,(H,15,17). The number of benzene rings is 1. The summed E-state index contributed by atoms with van der Waals surface area (Å²) in [5, 5.41) is 2.82. The minimum absolute atomic E-state index is 0.0686. The maximum absolute atomic E-state index is 11.6. The van der Waals surface area contributed by atoms with Crippen molar-refractivity contribution in [3.8, 4) is 5.75 Å². The van der Waals surface area contributed by atoms with E-state index >= 15 is 0 Å². The molecule has 0 saturated carbocycles. The highest BCUT2D eigenvalue weighted by Crippen LogP contribution is 2.21. The number of ether oxygens (including phenoxy) is 1. The molecule has 18 heavy (non-hydrogen) atoms. The van der Waals surface area contributed by atoms with E-state index in [0.717, 1.165) is 23.4 Å². The lowest BCUT2D eigenvalue weighted by Gasteiger charge is -2.13. The van der Waals surface area contributed by atoms with Crippen molar-refractivity contribution in [3.05, 3.63) is 29.3 Å². The molecule has 0 unspecified atom stereocenters. The molecule has 0 heterocycles. The van der Waals surface area contributed by atoms with Crippen molar-refractivity contribution in [3.63, 3.8) is 0 Å². The van der Waals surface area contributed by atoms with E-state index in [1.807, 2.05) is 51.0 Å². The minimum Gasteiger partial charge on any atom is -0.483 e. The van der Waals surface area contributed by atoms with Gasteiger partial charge in [-0.2, -0.15) is 0 Å². The largest absolute Gasteiger partial charge is 0.483 e. The SMILES string of the molecule is Cc1cccc(C)c1OCC(=O)NCCN(C)C. The van der Waals surface area contributed by atoms with Gasteiger partial charge in [-0.25, -0.2) is 0 Å². The summed E-state index contributed by atoms with van der Waals surface area (Å²) in [5.41, 5.74) is 2.10. The van der Waals surface area contributed by atoms with Gasteiger partial charge in [-0.3, -0.25) is 4.79 Å². The first-order chi connectivity index (χ1) is 8.50. The monoisotopic (exact) mass is 250 g/mol. The smallest absolute Gasteiger partial charge is 0.257 e. The quantitative estimate of drug-likeness (QED) is 0.829. The molecule has 4 heteroatoms. The summed E-state index contributed by atoms with van der Waals surface area (Å²) in [4.78, 5) is 13.6. The van der Waals surface area contributed by atoms with Crippen LogP contribution in [-0.2, 0) is 4.79 Å². The lowest BCUT2D eigenvalue weighted by Crippen LogP contribution is -2.34. The van der Waals surface area contributed by atoms with Crippen molar-refractivity contribution in [2.24, 2.45) is 0 Å². The number of aryl methyl sites for hydroxylation is 2. The second kappa shape index (κ2) is 7.01. The molecular formula is C14H22N2O2. The van der Waals surface area contributed by atoms with Crippen molar-refractivity contribution in [2.75, 3.05) is 33.8 Å². The molecule has 1 rings (SSSR count). The number of nitrogens with zero attached hydrogens (tertiary/aromatic N) is 1. The van der Waals surface area contributed by atoms with Gasteiger partial charge in [-0.1, -0.05) is 18.2 Å². The average Bonchev–Trinajstić information content (AvgIpc) is 2.27. The van der Waals surface area contributed by atoms with E-state index < -0.39 is 0 Å². The van der Waals surface area contributed by atoms with E-state index in [1.54, 1.807) is 0 Å². The second-order valence-corrected chi connectivity index (χ2v) is 4.66. The molecule has 0 fully saturated rings. The van der Waals surface area contributed by atoms with E-state index in [0.29, 0.717) is 6.54 Å². The summed E-state index contributed by atoms with van der Waals surface area (Å²) in [5.74, 6) is 0.722. The van der Waals surface area contributed by atoms with Gasteiger partial charge >= 0.3 is 0 Å². The minimum atomic E-state index is -0.0838. The van der Waals surface area contributed by atoms with E-state index in [-0.39, 0.29) is 12.5 Å². The van der Waals surface area contributed by atoms with Crippen molar-refractivity contribution in [2.45, 2.75) is 13.8 Å². The van der Waals surface area contributed by atoms with E-state index in [9.17, 15) is 4.79 Å². The second-order valence-electron chi connectivity index (χ2n) is 4.66. The number of carbonyl (C=O) groups is 1. The van der Waals surface area contributed by atoms with Crippen LogP contribution in [0.5, 0.6) is 5.75 Å². The number of rotatable bonds is 6. The molecule has 0 spiro atoms. The molecule has 4 nitrogen and oxygen atoms in total. The van der Waals surface area contributed by atoms with E-state index in [1.165, 1.54) is 0 Å². The molecule has 0 radical (unpaired) electrons. The van der Waals surface area contributed by atoms with Gasteiger partial charge in [0.15, 0.2) is 6.61 Å². The molecule has 0 aliphatic carbocycles. The third-order valence-electron chi connectivity index (χ3n) is 2.64. The zero-order valence-electron chi connectivity index (χ0n) is 11.6. The lowest BCUT2D eigenvalue weighted by atomic mass is 10.1. The van der Waals surface area contributed by atoms with Crippen LogP contribution in [0.3, 0.4) is 0 Å². The third-order valence-corrected chi connectivity index (χ3v) is 2.64. The summed E-state index contributed by atoms with van der Waals surface area (Å²) < 4.78 is 5.56. The molecule has 0 aliphatic heterocycles. The molecule has 1 aromatic carbocycles. The number of carbonyl (C=O) groups excluding carboxylic acids is 1. The molecular weight excluding hydrogens is 228 g/mol. The first kappa shape index (κ1) is 14.5. The fraction of sp³-hybridized carbons (Fsp3) is 0.500. The Bertz CT molecular complexity index is 383. The van der Waals surface area contributed by atoms with Crippen LogP contribution in [-0.4, -0.2) is 44.6 Å². The summed E-state index contributed by atoms with van der Waals surface area (Å²) >= 11 is 0. The highest BCUT2D eigenvalue weighted by atomic mass is 16.5. The van der Waals surface area contributed by atoms with Crippen molar-refractivity contribution in [1.82, 2.24) is 10.2 Å². The Morgan fingerprint density at radius 2 is 1.89 bits per heavy atom. The Morgan fingerprint density at radius 1 is 1.28 bits per heavy atom. The Balaban J connectivity index is 2.38. The molecule has 1 amide bonds. The molecule has 1 N–H and O–H groups in total. The predicted molar refractivity (Wildman–Crippen MR) is 73.0 cm³/mol. The van der Waals surface area contributed by atoms with Crippen molar-refractivity contribution < 1.29 is 9.53 Å². The van der Waals surface area contributed by atoms with Crippen LogP contribution in [0.1, 0.15) is 11.1 Å². The highest BCUT2D eigenvalue weighted by molar-refractivity contribution is 5.77. The third kappa shape index (κ3) is 4.75. The van der Waals surface area contributed by atoms with Gasteiger partial charge in [-0.15, -0.1) is 0 Å². The number of nitrogens with one attached hydrogen (secondary N) is 1. The number of likely N-dealkylation sites (N-methyl/N-ethyl adjacent to an activating group) is 1. The van der Waals surface area contributed by atoms with Gasteiger partial charge in [0, 0.05) is 13.1 Å². The predicted octanol–water partition coefficient (Wildman–Crippen LogP) is 1.36.